The number of carbonyl (C=O) groups excluding carboxylic acids is 1. The van der Waals surface area contributed by atoms with Gasteiger partial charge in [0.25, 0.3) is 0 Å². The van der Waals surface area contributed by atoms with Gasteiger partial charge in [-0.25, -0.2) is 4.79 Å². The van der Waals surface area contributed by atoms with Crippen LogP contribution in [-0.4, -0.2) is 41.3 Å². The van der Waals surface area contributed by atoms with E-state index in [9.17, 15) is 9.90 Å². The van der Waals surface area contributed by atoms with E-state index in [1.807, 2.05) is 12.1 Å². The van der Waals surface area contributed by atoms with E-state index in [0.29, 0.717) is 6.54 Å². The summed E-state index contributed by atoms with van der Waals surface area (Å²) in [5, 5.41) is 18.7. The average Bonchev–Trinajstić information content (AvgIpc) is 3.13. The molecular weight excluding hydrogens is 622 g/mol. The average molecular weight is 674 g/mol. The van der Waals surface area contributed by atoms with E-state index < -0.39 is 6.29 Å². The lowest BCUT2D eigenvalue weighted by atomic mass is 9.53. The first-order valence-corrected chi connectivity index (χ1v) is 18.7. The first-order chi connectivity index (χ1) is 24.3. The van der Waals surface area contributed by atoms with Crippen molar-refractivity contribution in [1.82, 2.24) is 15.5 Å². The molecule has 1 aliphatic heterocycles. The van der Waals surface area contributed by atoms with E-state index in [1.54, 1.807) is 0 Å². The van der Waals surface area contributed by atoms with Crippen molar-refractivity contribution in [3.63, 3.8) is 0 Å². The second-order valence-corrected chi connectivity index (χ2v) is 15.8. The number of nitrogens with zero attached hydrogens (tertiary/aromatic N) is 1. The van der Waals surface area contributed by atoms with Gasteiger partial charge >= 0.3 is 6.03 Å². The minimum Gasteiger partial charge on any atom is -0.392 e. The van der Waals surface area contributed by atoms with Crippen LogP contribution >= 0.6 is 0 Å². The first kappa shape index (κ1) is 33.4. The molecule has 1 saturated heterocycles. The Kier molecular flexibility index (Phi) is 9.42. The van der Waals surface area contributed by atoms with E-state index in [-0.39, 0.29) is 36.4 Å². The van der Waals surface area contributed by atoms with Gasteiger partial charge in [-0.3, -0.25) is 4.90 Å². The molecule has 0 radical (unpaired) electrons. The number of aliphatic hydroxyl groups excluding tert-OH is 1. The van der Waals surface area contributed by atoms with E-state index in [2.05, 4.69) is 108 Å². The number of fused-ring (bicyclic) bond motifs is 1. The number of urea groups is 1. The molecule has 4 bridgehead atoms. The summed E-state index contributed by atoms with van der Waals surface area (Å²) in [6, 6.07) is 31.7. The standard InChI is InChI=1S/C43H51N3O4/c1-28(37-16-15-34-5-3-4-6-38(34)20-37)46(2)26-39-21-40(35-11-9-30(27-47)10-12-35)50-41(49-39)36-13-7-29(8-14-36)25-44-42(48)45-43-22-31-17-32(23-43)19-33(18-31)24-43/h3-16,20,28,31-33,39-41,47H,17-19,21-27H2,1-2H3,(H2,44,45,48)/t28-,31?,32?,33?,39+,40-,41-,43?/m1/s1. The highest BCUT2D eigenvalue weighted by atomic mass is 16.7. The van der Waals surface area contributed by atoms with Gasteiger partial charge in [-0.05, 0) is 109 Å². The summed E-state index contributed by atoms with van der Waals surface area (Å²) >= 11 is 0. The van der Waals surface area contributed by atoms with Crippen molar-refractivity contribution in [3.05, 3.63) is 119 Å². The van der Waals surface area contributed by atoms with Crippen LogP contribution in [0.2, 0.25) is 0 Å². The summed E-state index contributed by atoms with van der Waals surface area (Å²) in [4.78, 5) is 15.4. The number of hydrogen-bond donors (Lipinski definition) is 3. The van der Waals surface area contributed by atoms with E-state index in [0.717, 1.165) is 72.2 Å². The molecule has 262 valence electrons. The summed E-state index contributed by atoms with van der Waals surface area (Å²) in [6.07, 6.45) is 7.53. The Morgan fingerprint density at radius 2 is 1.46 bits per heavy atom. The number of nitrogens with one attached hydrogen (secondary N) is 2. The van der Waals surface area contributed by atoms with Crippen LogP contribution in [0.5, 0.6) is 0 Å². The molecule has 4 aromatic rings. The molecule has 0 aromatic heterocycles. The normalized spacial score (nSPS) is 29.3. The van der Waals surface area contributed by atoms with Gasteiger partial charge in [0.2, 0.25) is 0 Å². The Labute approximate surface area is 296 Å². The minimum absolute atomic E-state index is 0.00514. The molecule has 50 heavy (non-hydrogen) atoms. The lowest BCUT2D eigenvalue weighted by Crippen LogP contribution is -2.61. The van der Waals surface area contributed by atoms with Crippen LogP contribution in [0.1, 0.15) is 98.1 Å². The fourth-order valence-corrected chi connectivity index (χ4v) is 9.76. The third-order valence-electron chi connectivity index (χ3n) is 12.1. The molecule has 7 heteroatoms. The third kappa shape index (κ3) is 7.20. The summed E-state index contributed by atoms with van der Waals surface area (Å²) < 4.78 is 13.3. The predicted molar refractivity (Wildman–Crippen MR) is 196 cm³/mol. The zero-order chi connectivity index (χ0) is 34.2. The third-order valence-corrected chi connectivity index (χ3v) is 12.1. The van der Waals surface area contributed by atoms with Gasteiger partial charge in [0.15, 0.2) is 6.29 Å². The summed E-state index contributed by atoms with van der Waals surface area (Å²) in [5.41, 5.74) is 5.25. The lowest BCUT2D eigenvalue weighted by molar-refractivity contribution is -0.253. The van der Waals surface area contributed by atoms with E-state index in [4.69, 9.17) is 9.47 Å². The second-order valence-electron chi connectivity index (χ2n) is 15.8. The second kappa shape index (κ2) is 14.1. The topological polar surface area (TPSA) is 83.1 Å². The number of ether oxygens (including phenoxy) is 2. The molecule has 9 rings (SSSR count). The summed E-state index contributed by atoms with van der Waals surface area (Å²) in [7, 11) is 2.17. The molecule has 1 heterocycles. The number of likely N-dealkylation sites (N-methyl/N-ethyl adjacent to an activating group) is 1. The Morgan fingerprint density at radius 3 is 2.14 bits per heavy atom. The molecule has 4 aliphatic carbocycles. The number of hydrogen-bond acceptors (Lipinski definition) is 5. The van der Waals surface area contributed by atoms with Gasteiger partial charge < -0.3 is 25.2 Å². The predicted octanol–water partition coefficient (Wildman–Crippen LogP) is 8.34. The van der Waals surface area contributed by atoms with Crippen molar-refractivity contribution < 1.29 is 19.4 Å². The van der Waals surface area contributed by atoms with Crippen molar-refractivity contribution in [2.75, 3.05) is 13.6 Å². The van der Waals surface area contributed by atoms with Crippen molar-refractivity contribution in [2.24, 2.45) is 17.8 Å². The van der Waals surface area contributed by atoms with Crippen molar-refractivity contribution in [3.8, 4) is 0 Å². The highest BCUT2D eigenvalue weighted by molar-refractivity contribution is 5.83. The maximum absolute atomic E-state index is 13.1. The SMILES string of the molecule is C[C@H](c1ccc2ccccc2c1)N(C)C[C@@H]1C[C@H](c2ccc(CO)cc2)O[C@H](c2ccc(CNC(=O)NC34CC5CC(CC(C5)C3)C4)cc2)O1. The van der Waals surface area contributed by atoms with Crippen LogP contribution in [0.25, 0.3) is 10.8 Å². The van der Waals surface area contributed by atoms with Gasteiger partial charge in [0, 0.05) is 36.7 Å². The maximum atomic E-state index is 13.1. The van der Waals surface area contributed by atoms with Gasteiger partial charge in [-0.15, -0.1) is 0 Å². The fourth-order valence-electron chi connectivity index (χ4n) is 9.76. The molecule has 7 nitrogen and oxygen atoms in total. The van der Waals surface area contributed by atoms with Crippen LogP contribution in [-0.2, 0) is 22.6 Å². The smallest absolute Gasteiger partial charge is 0.315 e. The zero-order valence-electron chi connectivity index (χ0n) is 29.4. The zero-order valence-corrected chi connectivity index (χ0v) is 29.4. The van der Waals surface area contributed by atoms with Crippen LogP contribution in [0.3, 0.4) is 0 Å². The Bertz CT molecular complexity index is 1760. The number of amides is 2. The van der Waals surface area contributed by atoms with Crippen LogP contribution in [0.15, 0.2) is 91.0 Å². The van der Waals surface area contributed by atoms with E-state index in [1.165, 1.54) is 35.6 Å². The molecule has 5 aliphatic rings. The molecule has 0 unspecified atom stereocenters. The maximum Gasteiger partial charge on any atom is 0.315 e. The van der Waals surface area contributed by atoms with Crippen LogP contribution in [0, 0.1) is 17.8 Å². The minimum atomic E-state index is -0.526. The summed E-state index contributed by atoms with van der Waals surface area (Å²) in [6.45, 7) is 3.50. The Hall–Kier alpha value is -3.75. The molecular formula is C43H51N3O4. The summed E-state index contributed by atoms with van der Waals surface area (Å²) in [5.74, 6) is 2.39. The van der Waals surface area contributed by atoms with E-state index >= 15 is 0 Å². The van der Waals surface area contributed by atoms with Crippen molar-refractivity contribution in [2.45, 2.75) is 95.1 Å². The van der Waals surface area contributed by atoms with Crippen LogP contribution in [0.4, 0.5) is 4.79 Å². The number of aliphatic hydroxyl groups is 1. The molecule has 4 atom stereocenters. The molecule has 4 saturated carbocycles. The molecule has 2 amide bonds. The fraction of sp³-hybridized carbons (Fsp3) is 0.465. The van der Waals surface area contributed by atoms with Crippen molar-refractivity contribution in [1.29, 1.82) is 0 Å². The van der Waals surface area contributed by atoms with Gasteiger partial charge in [0.05, 0.1) is 18.8 Å². The quantitative estimate of drug-likeness (QED) is 0.158. The molecule has 5 fully saturated rings. The Morgan fingerprint density at radius 1 is 0.820 bits per heavy atom. The van der Waals surface area contributed by atoms with Gasteiger partial charge in [-0.2, -0.15) is 0 Å². The number of carbonyl (C=O) groups is 1. The molecule has 4 aromatic carbocycles. The number of benzene rings is 4. The highest BCUT2D eigenvalue weighted by Crippen LogP contribution is 2.55. The van der Waals surface area contributed by atoms with Gasteiger partial charge in [0.1, 0.15) is 0 Å². The van der Waals surface area contributed by atoms with Crippen LogP contribution < -0.4 is 10.6 Å². The Balaban J connectivity index is 0.928. The van der Waals surface area contributed by atoms with Gasteiger partial charge in [-0.1, -0.05) is 84.9 Å². The first-order valence-electron chi connectivity index (χ1n) is 18.7. The molecule has 3 N–H and O–H groups in total. The highest BCUT2D eigenvalue weighted by Gasteiger charge is 2.51. The molecule has 0 spiro atoms. The monoisotopic (exact) mass is 673 g/mol. The number of rotatable bonds is 10. The van der Waals surface area contributed by atoms with Crippen molar-refractivity contribution >= 4 is 16.8 Å². The largest absolute Gasteiger partial charge is 0.392 e. The lowest BCUT2D eigenvalue weighted by Gasteiger charge is -2.56.